The Bertz CT molecular complexity index is 546. The molecule has 1 rings (SSSR count). The van der Waals surface area contributed by atoms with E-state index in [0.29, 0.717) is 18.5 Å². The molecular weight excluding hydrogens is 280 g/mol. The maximum absolute atomic E-state index is 12.2. The van der Waals surface area contributed by atoms with Crippen LogP contribution in [0.1, 0.15) is 36.2 Å². The van der Waals surface area contributed by atoms with E-state index in [-0.39, 0.29) is 24.3 Å². The summed E-state index contributed by atoms with van der Waals surface area (Å²) in [5.74, 6) is -0.429. The predicted molar refractivity (Wildman–Crippen MR) is 83.7 cm³/mol. The molecule has 6 nitrogen and oxygen atoms in total. The molecule has 0 spiro atoms. The number of nitrogens with zero attached hydrogens (tertiary/aromatic N) is 1. The molecule has 22 heavy (non-hydrogen) atoms. The first kappa shape index (κ1) is 17.7. The van der Waals surface area contributed by atoms with E-state index in [1.54, 1.807) is 24.3 Å². The van der Waals surface area contributed by atoms with Gasteiger partial charge in [-0.1, -0.05) is 26.0 Å². The molecule has 0 radical (unpaired) electrons. The van der Waals surface area contributed by atoms with E-state index in [9.17, 15) is 9.59 Å². The van der Waals surface area contributed by atoms with E-state index in [1.807, 2.05) is 19.9 Å². The van der Waals surface area contributed by atoms with Crippen molar-refractivity contribution in [2.45, 2.75) is 32.9 Å². The lowest BCUT2D eigenvalue weighted by Crippen LogP contribution is -2.47. The summed E-state index contributed by atoms with van der Waals surface area (Å²) in [4.78, 5) is 24.2. The average molecular weight is 302 g/mol. The molecule has 0 aliphatic heterocycles. The van der Waals surface area contributed by atoms with Crippen LogP contribution in [0.15, 0.2) is 24.3 Å². The Kier molecular flexibility index (Phi) is 7.06. The molecule has 1 atom stereocenters. The van der Waals surface area contributed by atoms with Gasteiger partial charge in [0.1, 0.15) is 12.6 Å². The molecule has 1 unspecified atom stereocenters. The van der Waals surface area contributed by atoms with Gasteiger partial charge in [0.05, 0.1) is 6.07 Å². The predicted octanol–water partition coefficient (Wildman–Crippen LogP) is 0.930. The number of nitrogens with two attached hydrogens (primary N) is 1. The quantitative estimate of drug-likeness (QED) is 0.651. The zero-order valence-electron chi connectivity index (χ0n) is 12.9. The van der Waals surface area contributed by atoms with Crippen LogP contribution in [0.3, 0.4) is 0 Å². The van der Waals surface area contributed by atoms with Gasteiger partial charge < -0.3 is 16.4 Å². The van der Waals surface area contributed by atoms with Crippen LogP contribution in [0.5, 0.6) is 0 Å². The normalized spacial score (nSPS) is 11.6. The number of hydrogen-bond acceptors (Lipinski definition) is 4. The van der Waals surface area contributed by atoms with Gasteiger partial charge in [0.2, 0.25) is 5.91 Å². The van der Waals surface area contributed by atoms with Crippen molar-refractivity contribution >= 4 is 11.8 Å². The van der Waals surface area contributed by atoms with Crippen LogP contribution in [-0.4, -0.2) is 24.4 Å². The van der Waals surface area contributed by atoms with Crippen molar-refractivity contribution in [1.82, 2.24) is 10.6 Å². The number of amides is 2. The van der Waals surface area contributed by atoms with Crippen molar-refractivity contribution in [3.8, 4) is 6.07 Å². The maximum Gasteiger partial charge on any atom is 0.251 e. The molecule has 0 fully saturated rings. The highest BCUT2D eigenvalue weighted by molar-refractivity contribution is 5.97. The minimum Gasteiger partial charge on any atom is -0.341 e. The smallest absolute Gasteiger partial charge is 0.251 e. The van der Waals surface area contributed by atoms with Gasteiger partial charge in [-0.3, -0.25) is 9.59 Å². The number of nitrogens with one attached hydrogen (secondary N) is 2. The molecule has 0 aliphatic carbocycles. The van der Waals surface area contributed by atoms with Crippen LogP contribution < -0.4 is 16.4 Å². The van der Waals surface area contributed by atoms with Gasteiger partial charge in [0, 0.05) is 12.1 Å². The van der Waals surface area contributed by atoms with Crippen molar-refractivity contribution < 1.29 is 9.59 Å². The first-order chi connectivity index (χ1) is 10.5. The summed E-state index contributed by atoms with van der Waals surface area (Å²) in [6, 6.07) is 8.11. The van der Waals surface area contributed by atoms with Crippen LogP contribution in [-0.2, 0) is 11.3 Å². The lowest BCUT2D eigenvalue weighted by Gasteiger charge is -2.19. The van der Waals surface area contributed by atoms with E-state index < -0.39 is 6.04 Å². The van der Waals surface area contributed by atoms with Crippen molar-refractivity contribution in [1.29, 1.82) is 5.26 Å². The number of benzene rings is 1. The summed E-state index contributed by atoms with van der Waals surface area (Å²) in [5, 5.41) is 13.7. The Labute approximate surface area is 130 Å². The molecule has 0 saturated heterocycles. The van der Waals surface area contributed by atoms with Crippen LogP contribution in [0.25, 0.3) is 0 Å². The third-order valence-electron chi connectivity index (χ3n) is 3.12. The molecular formula is C16H22N4O2. The third kappa shape index (κ3) is 5.54. The number of rotatable bonds is 7. The van der Waals surface area contributed by atoms with E-state index in [0.717, 1.165) is 5.56 Å². The Balaban J connectivity index is 2.76. The van der Waals surface area contributed by atoms with Gasteiger partial charge in [-0.25, -0.2) is 0 Å². The Morgan fingerprint density at radius 2 is 1.91 bits per heavy atom. The molecule has 4 N–H and O–H groups in total. The van der Waals surface area contributed by atoms with E-state index >= 15 is 0 Å². The van der Waals surface area contributed by atoms with Crippen molar-refractivity contribution in [2.75, 3.05) is 6.54 Å². The Morgan fingerprint density at radius 3 is 2.41 bits per heavy atom. The highest BCUT2D eigenvalue weighted by Gasteiger charge is 2.22. The number of carbonyl (C=O) groups excluding carboxylic acids is 2. The van der Waals surface area contributed by atoms with Gasteiger partial charge in [-0.2, -0.15) is 5.26 Å². The van der Waals surface area contributed by atoms with Crippen molar-refractivity contribution in [3.05, 3.63) is 35.4 Å². The van der Waals surface area contributed by atoms with Crippen molar-refractivity contribution in [2.24, 2.45) is 11.7 Å². The molecule has 1 aromatic carbocycles. The molecule has 2 amide bonds. The summed E-state index contributed by atoms with van der Waals surface area (Å²) in [6.07, 6.45) is 0.504. The van der Waals surface area contributed by atoms with Crippen LogP contribution in [0.4, 0.5) is 0 Å². The van der Waals surface area contributed by atoms with Crippen LogP contribution in [0.2, 0.25) is 0 Å². The maximum atomic E-state index is 12.2. The average Bonchev–Trinajstić information content (AvgIpc) is 2.51. The Hall–Kier alpha value is -2.39. The summed E-state index contributed by atoms with van der Waals surface area (Å²) in [5.41, 5.74) is 6.92. The highest BCUT2D eigenvalue weighted by Crippen LogP contribution is 2.08. The van der Waals surface area contributed by atoms with Gasteiger partial charge in [0.15, 0.2) is 0 Å². The van der Waals surface area contributed by atoms with Gasteiger partial charge >= 0.3 is 0 Å². The second-order valence-electron chi connectivity index (χ2n) is 5.43. The van der Waals surface area contributed by atoms with Gasteiger partial charge in [-0.05, 0) is 30.0 Å². The van der Waals surface area contributed by atoms with Crippen LogP contribution in [0, 0.1) is 17.2 Å². The summed E-state index contributed by atoms with van der Waals surface area (Å²) in [6.45, 7) is 4.27. The van der Waals surface area contributed by atoms with E-state index in [2.05, 4.69) is 10.6 Å². The summed E-state index contributed by atoms with van der Waals surface area (Å²) < 4.78 is 0. The number of nitriles is 1. The van der Waals surface area contributed by atoms with E-state index in [4.69, 9.17) is 11.0 Å². The molecule has 0 aromatic heterocycles. The zero-order chi connectivity index (χ0) is 16.5. The topological polar surface area (TPSA) is 108 Å². The second-order valence-corrected chi connectivity index (χ2v) is 5.43. The number of hydrogen-bond donors (Lipinski definition) is 3. The fourth-order valence-corrected chi connectivity index (χ4v) is 1.99. The third-order valence-corrected chi connectivity index (χ3v) is 3.12. The first-order valence-electron chi connectivity index (χ1n) is 7.22. The minimum absolute atomic E-state index is 0.0749. The first-order valence-corrected chi connectivity index (χ1v) is 7.22. The lowest BCUT2D eigenvalue weighted by atomic mass is 10.0. The molecule has 0 bridgehead atoms. The minimum atomic E-state index is -0.657. The Morgan fingerprint density at radius 1 is 1.27 bits per heavy atom. The van der Waals surface area contributed by atoms with E-state index in [1.165, 1.54) is 0 Å². The van der Waals surface area contributed by atoms with Gasteiger partial charge in [0.25, 0.3) is 5.91 Å². The molecule has 0 aliphatic rings. The zero-order valence-corrected chi connectivity index (χ0v) is 12.9. The van der Waals surface area contributed by atoms with Gasteiger partial charge in [-0.15, -0.1) is 0 Å². The summed E-state index contributed by atoms with van der Waals surface area (Å²) >= 11 is 0. The monoisotopic (exact) mass is 302 g/mol. The standard InChI is InChI=1S/C16H22N4O2/c1-11(2)9-14(16(22)19-8-7-17)20-15(21)13-5-3-12(10-18)4-6-13/h3-6,11,14H,8-10,18H2,1-2H3,(H,19,22)(H,20,21). The number of carbonyl (C=O) groups is 2. The SMILES string of the molecule is CC(C)CC(NC(=O)c1ccc(CN)cc1)C(=O)NCC#N. The molecule has 1 aromatic rings. The second kappa shape index (κ2) is 8.80. The van der Waals surface area contributed by atoms with Crippen LogP contribution >= 0.6 is 0 Å². The lowest BCUT2D eigenvalue weighted by molar-refractivity contribution is -0.123. The molecule has 0 heterocycles. The molecule has 0 saturated carbocycles. The fraction of sp³-hybridized carbons (Fsp3) is 0.438. The molecule has 118 valence electrons. The fourth-order valence-electron chi connectivity index (χ4n) is 1.99. The highest BCUT2D eigenvalue weighted by atomic mass is 16.2. The largest absolute Gasteiger partial charge is 0.341 e. The van der Waals surface area contributed by atoms with Crippen molar-refractivity contribution in [3.63, 3.8) is 0 Å². The summed E-state index contributed by atoms with van der Waals surface area (Å²) in [7, 11) is 0. The molecule has 6 heteroatoms.